The number of rotatable bonds is 7. The maximum absolute atomic E-state index is 11.0. The molecule has 0 bridgehead atoms. The Kier molecular flexibility index (Phi) is 7.57. The Morgan fingerprint density at radius 2 is 2.00 bits per heavy atom. The molecule has 0 spiro atoms. The van der Waals surface area contributed by atoms with E-state index in [0.717, 1.165) is 0 Å². The molecule has 0 aromatic heterocycles. The van der Waals surface area contributed by atoms with Gasteiger partial charge in [-0.2, -0.15) is 0 Å². The van der Waals surface area contributed by atoms with Crippen molar-refractivity contribution in [2.24, 2.45) is 5.73 Å². The molecule has 0 aromatic rings. The minimum atomic E-state index is -0.687. The predicted octanol–water partition coefficient (Wildman–Crippen LogP) is -0.460. The van der Waals surface area contributed by atoms with E-state index in [2.05, 4.69) is 0 Å². The summed E-state index contributed by atoms with van der Waals surface area (Å²) in [6, 6.07) is -0.687. The Bertz CT molecular complexity index is 140. The Labute approximate surface area is 78.1 Å². The molecule has 78 valence electrons. The van der Waals surface area contributed by atoms with Crippen LogP contribution in [0.5, 0.6) is 0 Å². The van der Waals surface area contributed by atoms with Gasteiger partial charge < -0.3 is 19.9 Å². The van der Waals surface area contributed by atoms with Gasteiger partial charge in [0.25, 0.3) is 0 Å². The molecule has 1 atom stereocenters. The van der Waals surface area contributed by atoms with Gasteiger partial charge in [-0.05, 0) is 0 Å². The lowest BCUT2D eigenvalue weighted by atomic mass is 10.3. The third-order valence-electron chi connectivity index (χ3n) is 1.39. The van der Waals surface area contributed by atoms with Gasteiger partial charge in [0.1, 0.15) is 6.04 Å². The number of esters is 1. The van der Waals surface area contributed by atoms with E-state index in [1.165, 1.54) is 7.11 Å². The molecule has 0 aliphatic rings. The van der Waals surface area contributed by atoms with Crippen molar-refractivity contribution in [1.82, 2.24) is 0 Å². The monoisotopic (exact) mass is 191 g/mol. The molecular formula is C8H17NO4. The second kappa shape index (κ2) is 7.97. The predicted molar refractivity (Wildman–Crippen MR) is 47.3 cm³/mol. The van der Waals surface area contributed by atoms with Gasteiger partial charge in [0.2, 0.25) is 0 Å². The van der Waals surface area contributed by atoms with Gasteiger partial charge in [-0.1, -0.05) is 0 Å². The third-order valence-corrected chi connectivity index (χ3v) is 1.39. The number of methoxy groups -OCH3 is 2. The van der Waals surface area contributed by atoms with Gasteiger partial charge in [-0.3, -0.25) is 4.79 Å². The van der Waals surface area contributed by atoms with Crippen LogP contribution in [0.3, 0.4) is 0 Å². The van der Waals surface area contributed by atoms with Gasteiger partial charge in [0, 0.05) is 27.2 Å². The minimum Gasteiger partial charge on any atom is -0.464 e. The number of carbonyl (C=O) groups is 1. The second-order valence-electron chi connectivity index (χ2n) is 2.58. The van der Waals surface area contributed by atoms with Crippen LogP contribution in [0.25, 0.3) is 0 Å². The van der Waals surface area contributed by atoms with Crippen LogP contribution in [-0.4, -0.2) is 46.1 Å². The standard InChI is InChI=1S/C8H17NO4/c1-11-4-3-5-13-8(10)7(9)6-12-2/h7H,3-6,9H2,1-2H3. The lowest BCUT2D eigenvalue weighted by molar-refractivity contribution is -0.146. The molecule has 2 N–H and O–H groups in total. The average molecular weight is 191 g/mol. The number of nitrogens with two attached hydrogens (primary N) is 1. The molecule has 5 heteroatoms. The van der Waals surface area contributed by atoms with Crippen molar-refractivity contribution in [3.8, 4) is 0 Å². The van der Waals surface area contributed by atoms with Gasteiger partial charge in [-0.15, -0.1) is 0 Å². The van der Waals surface area contributed by atoms with Crippen molar-refractivity contribution in [3.63, 3.8) is 0 Å². The first-order valence-corrected chi connectivity index (χ1v) is 4.12. The van der Waals surface area contributed by atoms with E-state index < -0.39 is 12.0 Å². The van der Waals surface area contributed by atoms with E-state index in [-0.39, 0.29) is 6.61 Å². The zero-order valence-electron chi connectivity index (χ0n) is 8.12. The normalized spacial score (nSPS) is 12.5. The number of hydrogen-bond donors (Lipinski definition) is 1. The largest absolute Gasteiger partial charge is 0.464 e. The molecule has 5 nitrogen and oxygen atoms in total. The van der Waals surface area contributed by atoms with Crippen molar-refractivity contribution < 1.29 is 19.0 Å². The maximum atomic E-state index is 11.0. The van der Waals surface area contributed by atoms with E-state index in [9.17, 15) is 4.79 Å². The molecule has 0 amide bonds. The summed E-state index contributed by atoms with van der Waals surface area (Å²) in [5.41, 5.74) is 5.41. The molecule has 0 rings (SSSR count). The summed E-state index contributed by atoms with van der Waals surface area (Å²) in [6.07, 6.45) is 0.682. The fraction of sp³-hybridized carbons (Fsp3) is 0.875. The molecule has 0 aromatic carbocycles. The van der Waals surface area contributed by atoms with Crippen LogP contribution in [0, 0.1) is 0 Å². The molecule has 13 heavy (non-hydrogen) atoms. The SMILES string of the molecule is COCCCOC(=O)C(N)COC. The van der Waals surface area contributed by atoms with Crippen LogP contribution in [-0.2, 0) is 19.0 Å². The van der Waals surface area contributed by atoms with E-state index in [0.29, 0.717) is 19.6 Å². The summed E-state index contributed by atoms with van der Waals surface area (Å²) < 4.78 is 14.3. The smallest absolute Gasteiger partial charge is 0.325 e. The number of carbonyl (C=O) groups excluding carboxylic acids is 1. The first-order chi connectivity index (χ1) is 6.22. The van der Waals surface area contributed by atoms with E-state index in [4.69, 9.17) is 19.9 Å². The summed E-state index contributed by atoms with van der Waals surface area (Å²) >= 11 is 0. The third kappa shape index (κ3) is 6.51. The van der Waals surface area contributed by atoms with Gasteiger partial charge >= 0.3 is 5.97 Å². The van der Waals surface area contributed by atoms with E-state index in [1.807, 2.05) is 0 Å². The van der Waals surface area contributed by atoms with Gasteiger partial charge in [0.15, 0.2) is 0 Å². The average Bonchev–Trinajstić information content (AvgIpc) is 2.12. The maximum Gasteiger partial charge on any atom is 0.325 e. The number of hydrogen-bond acceptors (Lipinski definition) is 5. The van der Waals surface area contributed by atoms with E-state index >= 15 is 0 Å². The lowest BCUT2D eigenvalue weighted by Crippen LogP contribution is -2.36. The van der Waals surface area contributed by atoms with Gasteiger partial charge in [0.05, 0.1) is 13.2 Å². The fourth-order valence-electron chi connectivity index (χ4n) is 0.731. The molecule has 0 radical (unpaired) electrons. The molecular weight excluding hydrogens is 174 g/mol. The summed E-state index contributed by atoms with van der Waals surface area (Å²) in [4.78, 5) is 11.0. The van der Waals surface area contributed by atoms with Crippen LogP contribution >= 0.6 is 0 Å². The number of ether oxygens (including phenoxy) is 3. The van der Waals surface area contributed by atoms with Crippen molar-refractivity contribution in [3.05, 3.63) is 0 Å². The molecule has 0 aliphatic heterocycles. The molecule has 0 aliphatic carbocycles. The highest BCUT2D eigenvalue weighted by Gasteiger charge is 2.13. The summed E-state index contributed by atoms with van der Waals surface area (Å²) in [6.45, 7) is 1.10. The van der Waals surface area contributed by atoms with Crippen LogP contribution in [0.4, 0.5) is 0 Å². The zero-order chi connectivity index (χ0) is 10.1. The zero-order valence-corrected chi connectivity index (χ0v) is 8.12. The highest BCUT2D eigenvalue weighted by molar-refractivity contribution is 5.75. The van der Waals surface area contributed by atoms with Crippen molar-refractivity contribution in [2.45, 2.75) is 12.5 Å². The Morgan fingerprint density at radius 3 is 2.54 bits per heavy atom. The fourth-order valence-corrected chi connectivity index (χ4v) is 0.731. The summed E-state index contributed by atoms with van der Waals surface area (Å²) in [5.74, 6) is -0.432. The Hall–Kier alpha value is -0.650. The van der Waals surface area contributed by atoms with Crippen molar-refractivity contribution in [2.75, 3.05) is 34.0 Å². The second-order valence-corrected chi connectivity index (χ2v) is 2.58. The lowest BCUT2D eigenvalue weighted by Gasteiger charge is -2.09. The Morgan fingerprint density at radius 1 is 1.31 bits per heavy atom. The summed E-state index contributed by atoms with van der Waals surface area (Å²) in [7, 11) is 3.08. The Balaban J connectivity index is 3.38. The topological polar surface area (TPSA) is 70.8 Å². The quantitative estimate of drug-likeness (QED) is 0.435. The van der Waals surface area contributed by atoms with Crippen LogP contribution < -0.4 is 5.73 Å². The molecule has 0 saturated heterocycles. The van der Waals surface area contributed by atoms with E-state index in [1.54, 1.807) is 7.11 Å². The van der Waals surface area contributed by atoms with Crippen LogP contribution in [0.15, 0.2) is 0 Å². The molecule has 0 saturated carbocycles. The molecule has 0 fully saturated rings. The van der Waals surface area contributed by atoms with Crippen molar-refractivity contribution in [1.29, 1.82) is 0 Å². The first kappa shape index (κ1) is 12.3. The van der Waals surface area contributed by atoms with Crippen molar-refractivity contribution >= 4 is 5.97 Å². The molecule has 1 unspecified atom stereocenters. The molecule has 0 heterocycles. The van der Waals surface area contributed by atoms with Crippen LogP contribution in [0.2, 0.25) is 0 Å². The van der Waals surface area contributed by atoms with Crippen LogP contribution in [0.1, 0.15) is 6.42 Å². The highest BCUT2D eigenvalue weighted by atomic mass is 16.5. The van der Waals surface area contributed by atoms with Gasteiger partial charge in [-0.25, -0.2) is 0 Å². The minimum absolute atomic E-state index is 0.184. The first-order valence-electron chi connectivity index (χ1n) is 4.12. The summed E-state index contributed by atoms with van der Waals surface area (Å²) in [5, 5.41) is 0. The highest BCUT2D eigenvalue weighted by Crippen LogP contribution is 1.89.